The fourth-order valence-corrected chi connectivity index (χ4v) is 6.68. The maximum atomic E-state index is 9.38. The van der Waals surface area contributed by atoms with E-state index in [1.807, 2.05) is 48.5 Å². The van der Waals surface area contributed by atoms with Gasteiger partial charge in [-0.2, -0.15) is 0 Å². The molecule has 1 aromatic heterocycles. The normalized spacial score (nSPS) is 16.1. The molecule has 1 heterocycles. The lowest BCUT2D eigenvalue weighted by molar-refractivity contribution is 0.908. The van der Waals surface area contributed by atoms with E-state index >= 15 is 0 Å². The fourth-order valence-electron chi connectivity index (χ4n) is 6.68. The summed E-state index contributed by atoms with van der Waals surface area (Å²) >= 11 is 0. The van der Waals surface area contributed by atoms with Gasteiger partial charge in [0.25, 0.3) is 0 Å². The Morgan fingerprint density at radius 2 is 1.21 bits per heavy atom. The van der Waals surface area contributed by atoms with Gasteiger partial charge < -0.3 is 0 Å². The first-order chi connectivity index (χ1) is 28.5. The second-order valence-corrected chi connectivity index (χ2v) is 11.3. The first-order valence-electron chi connectivity index (χ1n) is 21.7. The maximum absolute atomic E-state index is 9.38. The molecule has 47 heavy (non-hydrogen) atoms. The minimum Gasteiger partial charge on any atom is -0.296 e. The van der Waals surface area contributed by atoms with Crippen molar-refractivity contribution in [3.05, 3.63) is 169 Å². The first-order valence-corrected chi connectivity index (χ1v) is 15.2. The Balaban J connectivity index is 1.37. The highest BCUT2D eigenvalue weighted by Gasteiger charge is 2.18. The molecule has 0 fully saturated rings. The summed E-state index contributed by atoms with van der Waals surface area (Å²) in [6.45, 7) is -3.03. The van der Waals surface area contributed by atoms with Gasteiger partial charge in [-0.15, -0.1) is 0 Å². The van der Waals surface area contributed by atoms with E-state index in [4.69, 9.17) is 12.3 Å². The van der Waals surface area contributed by atoms with E-state index in [0.29, 0.717) is 39.0 Å². The molecule has 9 aromatic rings. The predicted octanol–water partition coefficient (Wildman–Crippen LogP) is 12.0. The van der Waals surface area contributed by atoms with Crippen molar-refractivity contribution in [2.24, 2.45) is 0 Å². The third-order valence-electron chi connectivity index (χ3n) is 8.70. The number of rotatable bonds is 5. The van der Waals surface area contributed by atoms with E-state index in [1.165, 1.54) is 4.57 Å². The van der Waals surface area contributed by atoms with Crippen LogP contribution in [-0.2, 0) is 6.37 Å². The van der Waals surface area contributed by atoms with Crippen molar-refractivity contribution < 1.29 is 17.8 Å². The molecule has 0 atom stereocenters. The summed E-state index contributed by atoms with van der Waals surface area (Å²) < 4.78 is 116. The van der Waals surface area contributed by atoms with E-state index in [0.717, 1.165) is 10.8 Å². The molecule has 0 spiro atoms. The Morgan fingerprint density at radius 3 is 2.00 bits per heavy atom. The number of nitrogens with zero attached hydrogens (tertiary/aromatic N) is 2. The van der Waals surface area contributed by atoms with Crippen LogP contribution in [-0.4, -0.2) is 9.55 Å². The molecule has 0 amide bonds. The number of benzene rings is 8. The summed E-state index contributed by atoms with van der Waals surface area (Å²) in [4.78, 5) is 4.45. The topological polar surface area (TPSA) is 17.8 Å². The van der Waals surface area contributed by atoms with Crippen molar-refractivity contribution in [1.82, 2.24) is 9.55 Å². The Labute approximate surface area is 292 Å². The third-order valence-corrected chi connectivity index (χ3v) is 8.70. The quantitative estimate of drug-likeness (QED) is 0.177. The van der Waals surface area contributed by atoms with Crippen molar-refractivity contribution in [1.29, 1.82) is 0 Å². The molecule has 0 aliphatic heterocycles. The summed E-state index contributed by atoms with van der Waals surface area (Å²) in [5.74, 6) is -0.290. The van der Waals surface area contributed by atoms with Crippen LogP contribution < -0.4 is 0 Å². The zero-order valence-corrected chi connectivity index (χ0v) is 24.9. The van der Waals surface area contributed by atoms with Crippen LogP contribution >= 0.6 is 0 Å². The van der Waals surface area contributed by atoms with Crippen LogP contribution in [0.3, 0.4) is 0 Å². The maximum Gasteiger partial charge on any atom is 0.114 e. The molecule has 0 unspecified atom stereocenters. The third kappa shape index (κ3) is 4.45. The molecule has 0 N–H and O–H groups in total. The van der Waals surface area contributed by atoms with Gasteiger partial charge in [-0.1, -0.05) is 140 Å². The second kappa shape index (κ2) is 11.1. The number of hydrogen-bond donors (Lipinski definition) is 0. The Bertz CT molecular complexity index is 3190. The van der Waals surface area contributed by atoms with Crippen LogP contribution in [0.15, 0.2) is 164 Å². The molecule has 9 rings (SSSR count). The summed E-state index contributed by atoms with van der Waals surface area (Å²) in [5.41, 5.74) is 4.01. The molecular formula is C45H32N2. The largest absolute Gasteiger partial charge is 0.296 e. The number of aromatic nitrogens is 2. The summed E-state index contributed by atoms with van der Waals surface area (Å²) in [6, 6.07) is 30.6. The highest BCUT2D eigenvalue weighted by molar-refractivity contribution is 6.23. The van der Waals surface area contributed by atoms with Gasteiger partial charge in [0, 0.05) is 18.9 Å². The van der Waals surface area contributed by atoms with Gasteiger partial charge in [0.2, 0.25) is 0 Å². The number of hydrogen-bond acceptors (Lipinski definition) is 1. The van der Waals surface area contributed by atoms with Crippen LogP contribution in [0.1, 0.15) is 30.5 Å². The molecule has 0 aliphatic carbocycles. The monoisotopic (exact) mass is 613 g/mol. The molecule has 8 aromatic carbocycles. The summed E-state index contributed by atoms with van der Waals surface area (Å²) in [5, 5.41) is 1.98. The van der Waals surface area contributed by atoms with Gasteiger partial charge in [0.1, 0.15) is 5.82 Å². The van der Waals surface area contributed by atoms with E-state index in [2.05, 4.69) is 4.98 Å². The average Bonchev–Trinajstić information content (AvgIpc) is 3.65. The smallest absolute Gasteiger partial charge is 0.114 e. The fraction of sp³-hybridized carbons (Fsp3) is 0.0444. The Kier molecular flexibility index (Phi) is 4.04. The van der Waals surface area contributed by atoms with Crippen molar-refractivity contribution in [3.63, 3.8) is 0 Å². The van der Waals surface area contributed by atoms with Crippen molar-refractivity contribution >= 4 is 43.4 Å². The molecule has 0 radical (unpaired) electrons. The molecular weight excluding hydrogens is 569 g/mol. The standard InChI is InChI=1S/C45H32N2/c1-2-43-46-41-26-9-10-27-42(41)47(43)34-19-12-17-32(29-34)31-16-11-18-33(28-31)44-37-21-5-7-23-39(37)45(40-24-8-6-22-38(40)44)36-25-13-15-30-14-3-4-20-35(30)36/h3-29H,2H2,1H3/i1D3,2D2,5D,6D,7D,8D,21D,22D,23D,24D. The van der Waals surface area contributed by atoms with Crippen LogP contribution in [0.5, 0.6) is 0 Å². The lowest BCUT2D eigenvalue weighted by atomic mass is 9.84. The number of fused-ring (bicyclic) bond motifs is 4. The number of para-hydroxylation sites is 2. The molecule has 222 valence electrons. The molecule has 0 bridgehead atoms. The number of aryl methyl sites for hydroxylation is 1. The van der Waals surface area contributed by atoms with E-state index in [1.54, 1.807) is 66.7 Å². The van der Waals surface area contributed by atoms with Crippen LogP contribution in [0.4, 0.5) is 0 Å². The first kappa shape index (κ1) is 17.1. The van der Waals surface area contributed by atoms with Crippen LogP contribution in [0, 0.1) is 0 Å². The van der Waals surface area contributed by atoms with Gasteiger partial charge in [0.15, 0.2) is 0 Å². The average molecular weight is 614 g/mol. The van der Waals surface area contributed by atoms with Crippen LogP contribution in [0.25, 0.3) is 82.4 Å². The van der Waals surface area contributed by atoms with Gasteiger partial charge in [-0.05, 0) is 96.0 Å². The minimum atomic E-state index is -3.03. The molecule has 2 heteroatoms. The molecule has 0 saturated carbocycles. The Morgan fingerprint density at radius 1 is 0.596 bits per heavy atom. The highest BCUT2D eigenvalue weighted by Crippen LogP contribution is 2.45. The van der Waals surface area contributed by atoms with Crippen LogP contribution in [0.2, 0.25) is 0 Å². The minimum absolute atomic E-state index is 0.0915. The van der Waals surface area contributed by atoms with Gasteiger partial charge in [-0.25, -0.2) is 4.98 Å². The highest BCUT2D eigenvalue weighted by atomic mass is 15.1. The molecule has 2 nitrogen and oxygen atoms in total. The van der Waals surface area contributed by atoms with Gasteiger partial charge >= 0.3 is 0 Å². The van der Waals surface area contributed by atoms with E-state index < -0.39 is 37.4 Å². The van der Waals surface area contributed by atoms with Crippen molar-refractivity contribution in [3.8, 4) is 39.1 Å². The molecule has 0 aliphatic rings. The Hall–Kier alpha value is -5.99. The lowest BCUT2D eigenvalue weighted by Crippen LogP contribution is -2.00. The zero-order chi connectivity index (χ0) is 42.6. The zero-order valence-electron chi connectivity index (χ0n) is 37.9. The van der Waals surface area contributed by atoms with Gasteiger partial charge in [0.05, 0.1) is 22.0 Å². The summed E-state index contributed by atoms with van der Waals surface area (Å²) in [7, 11) is 0. The van der Waals surface area contributed by atoms with Crippen molar-refractivity contribution in [2.45, 2.75) is 13.2 Å². The molecule has 0 saturated heterocycles. The van der Waals surface area contributed by atoms with Gasteiger partial charge in [-0.3, -0.25) is 4.57 Å². The second-order valence-electron chi connectivity index (χ2n) is 11.3. The lowest BCUT2D eigenvalue weighted by Gasteiger charge is -2.19. The van der Waals surface area contributed by atoms with E-state index in [9.17, 15) is 5.48 Å². The van der Waals surface area contributed by atoms with E-state index in [-0.39, 0.29) is 62.7 Å². The SMILES string of the molecule is [2H]c1c([2H])c([2H])c2c(-c3cccc4ccccc34)c3c([2H])c([2H])c([2H])c([2H])c3c(-c3cccc(-c4cccc(-n5c(C([2H])([2H])C([2H])([2H])[2H])nc6ccccc65)c4)c3)c2c1[2H]. The number of imidazole rings is 1. The van der Waals surface area contributed by atoms with Crippen molar-refractivity contribution in [2.75, 3.05) is 0 Å². The predicted molar refractivity (Wildman–Crippen MR) is 199 cm³/mol. The summed E-state index contributed by atoms with van der Waals surface area (Å²) in [6.07, 6.45) is -2.82.